The standard InChI is InChI=1S/C22H23ClN6O3/c1-14-5-2-3-6-17(14)26-22-28-18(27-21(24)29-22)13-32-19(30)7-4-12-25-20(31)15-8-10-16(23)11-9-15/h2-3,5-6,8-11H,4,7,12-13H2,1H3,(H,25,31)(H3,24,26,27,28,29). The first-order valence-corrected chi connectivity index (χ1v) is 10.3. The summed E-state index contributed by atoms with van der Waals surface area (Å²) in [5, 5.41) is 6.38. The fourth-order valence-electron chi connectivity index (χ4n) is 2.75. The number of carbonyl (C=O) groups excluding carboxylic acids is 2. The smallest absolute Gasteiger partial charge is 0.306 e. The molecular formula is C22H23ClN6O3. The number of halogens is 1. The summed E-state index contributed by atoms with van der Waals surface area (Å²) in [6.07, 6.45) is 0.563. The van der Waals surface area contributed by atoms with Gasteiger partial charge in [-0.15, -0.1) is 0 Å². The van der Waals surface area contributed by atoms with Gasteiger partial charge in [0.25, 0.3) is 5.91 Å². The number of anilines is 3. The lowest BCUT2D eigenvalue weighted by atomic mass is 10.2. The fraction of sp³-hybridized carbons (Fsp3) is 0.227. The molecule has 1 aromatic heterocycles. The topological polar surface area (TPSA) is 132 Å². The molecule has 166 valence electrons. The number of benzene rings is 2. The summed E-state index contributed by atoms with van der Waals surface area (Å²) in [4.78, 5) is 36.3. The highest BCUT2D eigenvalue weighted by Gasteiger charge is 2.10. The Kier molecular flexibility index (Phi) is 7.93. The molecule has 10 heteroatoms. The zero-order valence-corrected chi connectivity index (χ0v) is 18.2. The number of esters is 1. The van der Waals surface area contributed by atoms with Gasteiger partial charge in [-0.1, -0.05) is 29.8 Å². The summed E-state index contributed by atoms with van der Waals surface area (Å²) in [5.41, 5.74) is 8.10. The number of nitrogens with two attached hydrogens (primary N) is 1. The van der Waals surface area contributed by atoms with E-state index in [9.17, 15) is 9.59 Å². The van der Waals surface area contributed by atoms with Gasteiger partial charge in [0.1, 0.15) is 0 Å². The zero-order valence-electron chi connectivity index (χ0n) is 17.5. The molecule has 1 heterocycles. The number of carbonyl (C=O) groups is 2. The van der Waals surface area contributed by atoms with Gasteiger partial charge < -0.3 is 21.1 Å². The maximum absolute atomic E-state index is 12.0. The van der Waals surface area contributed by atoms with E-state index in [0.717, 1.165) is 11.3 Å². The highest BCUT2D eigenvalue weighted by atomic mass is 35.5. The maximum atomic E-state index is 12.0. The van der Waals surface area contributed by atoms with E-state index in [4.69, 9.17) is 22.1 Å². The van der Waals surface area contributed by atoms with Gasteiger partial charge >= 0.3 is 5.97 Å². The number of ether oxygens (including phenoxy) is 1. The van der Waals surface area contributed by atoms with Crippen LogP contribution in [0.4, 0.5) is 17.6 Å². The molecule has 2 aromatic carbocycles. The van der Waals surface area contributed by atoms with E-state index in [-0.39, 0.29) is 36.7 Å². The molecule has 0 unspecified atom stereocenters. The second-order valence-electron chi connectivity index (χ2n) is 6.90. The Balaban J connectivity index is 1.43. The Labute approximate surface area is 190 Å². The van der Waals surface area contributed by atoms with E-state index >= 15 is 0 Å². The van der Waals surface area contributed by atoms with Crippen molar-refractivity contribution in [3.8, 4) is 0 Å². The van der Waals surface area contributed by atoms with E-state index in [1.807, 2.05) is 31.2 Å². The molecule has 0 atom stereocenters. The van der Waals surface area contributed by atoms with Crippen LogP contribution in [-0.4, -0.2) is 33.4 Å². The molecule has 0 spiro atoms. The van der Waals surface area contributed by atoms with Crippen molar-refractivity contribution in [3.63, 3.8) is 0 Å². The number of hydrogen-bond donors (Lipinski definition) is 3. The largest absolute Gasteiger partial charge is 0.457 e. The van der Waals surface area contributed by atoms with Crippen LogP contribution < -0.4 is 16.4 Å². The van der Waals surface area contributed by atoms with E-state index in [0.29, 0.717) is 23.6 Å². The van der Waals surface area contributed by atoms with Gasteiger partial charge in [0.2, 0.25) is 11.9 Å². The predicted molar refractivity (Wildman–Crippen MR) is 122 cm³/mol. The lowest BCUT2D eigenvalue weighted by molar-refractivity contribution is -0.145. The zero-order chi connectivity index (χ0) is 22.9. The van der Waals surface area contributed by atoms with E-state index in [1.165, 1.54) is 0 Å². The lowest BCUT2D eigenvalue weighted by Crippen LogP contribution is -2.25. The summed E-state index contributed by atoms with van der Waals surface area (Å²) in [7, 11) is 0. The third-order valence-corrected chi connectivity index (χ3v) is 4.65. The van der Waals surface area contributed by atoms with Crippen molar-refractivity contribution in [1.82, 2.24) is 20.3 Å². The molecule has 0 saturated carbocycles. The highest BCUT2D eigenvalue weighted by Crippen LogP contribution is 2.18. The third kappa shape index (κ3) is 6.92. The predicted octanol–water partition coefficient (Wildman–Crippen LogP) is 3.41. The Morgan fingerprint density at radius 3 is 2.56 bits per heavy atom. The number of amides is 1. The van der Waals surface area contributed by atoms with Gasteiger partial charge in [-0.05, 0) is 49.2 Å². The maximum Gasteiger partial charge on any atom is 0.306 e. The number of nitrogens with one attached hydrogen (secondary N) is 2. The van der Waals surface area contributed by atoms with Crippen LogP contribution in [-0.2, 0) is 16.1 Å². The van der Waals surface area contributed by atoms with Crippen molar-refractivity contribution in [2.45, 2.75) is 26.4 Å². The van der Waals surface area contributed by atoms with Gasteiger partial charge in [-0.3, -0.25) is 9.59 Å². The van der Waals surface area contributed by atoms with Gasteiger partial charge in [-0.2, -0.15) is 15.0 Å². The Morgan fingerprint density at radius 1 is 1.06 bits per heavy atom. The lowest BCUT2D eigenvalue weighted by Gasteiger charge is -2.10. The van der Waals surface area contributed by atoms with Crippen LogP contribution in [0.2, 0.25) is 5.02 Å². The number of nitrogen functional groups attached to an aromatic ring is 1. The molecule has 0 aliphatic carbocycles. The van der Waals surface area contributed by atoms with E-state index < -0.39 is 5.97 Å². The average Bonchev–Trinajstić information content (AvgIpc) is 2.77. The minimum Gasteiger partial charge on any atom is -0.457 e. The second kappa shape index (κ2) is 11.1. The van der Waals surface area contributed by atoms with Crippen molar-refractivity contribution in [3.05, 3.63) is 70.5 Å². The minimum absolute atomic E-state index is 0.0204. The average molecular weight is 455 g/mol. The summed E-state index contributed by atoms with van der Waals surface area (Å²) >= 11 is 5.81. The minimum atomic E-state index is -0.432. The molecule has 0 saturated heterocycles. The summed E-state index contributed by atoms with van der Waals surface area (Å²) in [6.45, 7) is 2.15. The molecule has 0 radical (unpaired) electrons. The molecule has 3 aromatic rings. The normalized spacial score (nSPS) is 10.4. The van der Waals surface area contributed by atoms with E-state index in [2.05, 4.69) is 25.6 Å². The van der Waals surface area contributed by atoms with Gasteiger partial charge in [0.05, 0.1) is 0 Å². The van der Waals surface area contributed by atoms with Gasteiger partial charge in [0, 0.05) is 29.2 Å². The van der Waals surface area contributed by atoms with Gasteiger partial charge in [0.15, 0.2) is 12.4 Å². The van der Waals surface area contributed by atoms with Crippen LogP contribution in [0.3, 0.4) is 0 Å². The molecule has 4 N–H and O–H groups in total. The molecular weight excluding hydrogens is 432 g/mol. The molecule has 1 amide bonds. The van der Waals surface area contributed by atoms with Crippen molar-refractivity contribution in [1.29, 1.82) is 0 Å². The van der Waals surface area contributed by atoms with Gasteiger partial charge in [-0.25, -0.2) is 0 Å². The van der Waals surface area contributed by atoms with Crippen molar-refractivity contribution >= 4 is 41.1 Å². The number of aryl methyl sites for hydroxylation is 1. The van der Waals surface area contributed by atoms with Crippen LogP contribution in [0.25, 0.3) is 0 Å². The van der Waals surface area contributed by atoms with Crippen LogP contribution in [0.1, 0.15) is 34.6 Å². The SMILES string of the molecule is Cc1ccccc1Nc1nc(N)nc(COC(=O)CCCNC(=O)c2ccc(Cl)cc2)n1. The molecule has 0 aliphatic heterocycles. The van der Waals surface area contributed by atoms with Crippen LogP contribution in [0.15, 0.2) is 48.5 Å². The van der Waals surface area contributed by atoms with Crippen LogP contribution in [0, 0.1) is 6.92 Å². The Morgan fingerprint density at radius 2 is 1.81 bits per heavy atom. The summed E-state index contributed by atoms with van der Waals surface area (Å²) in [6, 6.07) is 14.2. The van der Waals surface area contributed by atoms with Crippen LogP contribution >= 0.6 is 11.6 Å². The molecule has 0 bridgehead atoms. The summed E-state index contributed by atoms with van der Waals surface area (Å²) < 4.78 is 5.21. The fourth-order valence-corrected chi connectivity index (χ4v) is 2.87. The van der Waals surface area contributed by atoms with Crippen molar-refractivity contribution in [2.24, 2.45) is 0 Å². The molecule has 0 fully saturated rings. The molecule has 32 heavy (non-hydrogen) atoms. The Bertz CT molecular complexity index is 1090. The first-order valence-electron chi connectivity index (χ1n) is 9.93. The third-order valence-electron chi connectivity index (χ3n) is 4.40. The summed E-state index contributed by atoms with van der Waals surface area (Å²) in [5.74, 6) is -0.143. The number of aromatic nitrogens is 3. The number of para-hydroxylation sites is 1. The first kappa shape index (κ1) is 23.0. The molecule has 0 aliphatic rings. The van der Waals surface area contributed by atoms with Crippen molar-refractivity contribution < 1.29 is 14.3 Å². The Hall–Kier alpha value is -3.72. The van der Waals surface area contributed by atoms with E-state index in [1.54, 1.807) is 24.3 Å². The second-order valence-corrected chi connectivity index (χ2v) is 7.34. The molecule has 3 rings (SSSR count). The highest BCUT2D eigenvalue weighted by molar-refractivity contribution is 6.30. The number of nitrogens with zero attached hydrogens (tertiary/aromatic N) is 3. The van der Waals surface area contributed by atoms with Crippen molar-refractivity contribution in [2.75, 3.05) is 17.6 Å². The quantitative estimate of drug-likeness (QED) is 0.331. The number of rotatable bonds is 9. The monoisotopic (exact) mass is 454 g/mol. The number of hydrogen-bond acceptors (Lipinski definition) is 8. The molecule has 9 nitrogen and oxygen atoms in total. The van der Waals surface area contributed by atoms with Crippen LogP contribution in [0.5, 0.6) is 0 Å². The first-order chi connectivity index (χ1) is 15.4.